The molecule has 1 heterocycles. The van der Waals surface area contributed by atoms with Gasteiger partial charge in [-0.25, -0.2) is 13.1 Å². The third kappa shape index (κ3) is 2.96. The normalized spacial score (nSPS) is 22.3. The number of nitrogens with one attached hydrogen (secondary N) is 1. The predicted octanol–water partition coefficient (Wildman–Crippen LogP) is 2.33. The molecule has 5 nitrogen and oxygen atoms in total. The zero-order valence-electron chi connectivity index (χ0n) is 11.9. The highest BCUT2D eigenvalue weighted by atomic mass is 35.5. The van der Waals surface area contributed by atoms with Gasteiger partial charge >= 0.3 is 0 Å². The molecule has 0 unspecified atom stereocenters. The van der Waals surface area contributed by atoms with Crippen LogP contribution >= 0.6 is 11.6 Å². The van der Waals surface area contributed by atoms with Gasteiger partial charge < -0.3 is 5.11 Å². The molecule has 1 aliphatic rings. The largest absolute Gasteiger partial charge is 0.393 e. The van der Waals surface area contributed by atoms with Gasteiger partial charge in [0.25, 0.3) is 0 Å². The van der Waals surface area contributed by atoms with Crippen molar-refractivity contribution in [3.63, 3.8) is 0 Å². The zero-order valence-corrected chi connectivity index (χ0v) is 13.4. The van der Waals surface area contributed by atoms with Gasteiger partial charge in [-0.15, -0.1) is 0 Å². The fraction of sp³-hybridized carbons (Fsp3) is 0.400. The predicted molar refractivity (Wildman–Crippen MR) is 85.3 cm³/mol. The molecule has 0 spiro atoms. The summed E-state index contributed by atoms with van der Waals surface area (Å²) in [6.45, 7) is 0.244. The minimum Gasteiger partial charge on any atom is -0.393 e. The fourth-order valence-corrected chi connectivity index (χ4v) is 4.40. The molecule has 0 aliphatic heterocycles. The van der Waals surface area contributed by atoms with Gasteiger partial charge in [-0.05, 0) is 43.0 Å². The summed E-state index contributed by atoms with van der Waals surface area (Å²) in [5.74, 6) is -0.0218. The molecule has 0 amide bonds. The molecule has 7 heteroatoms. The van der Waals surface area contributed by atoms with Crippen molar-refractivity contribution in [3.8, 4) is 0 Å². The van der Waals surface area contributed by atoms with Crippen LogP contribution in [-0.2, 0) is 10.0 Å². The first-order valence-corrected chi connectivity index (χ1v) is 9.06. The van der Waals surface area contributed by atoms with E-state index in [0.29, 0.717) is 15.9 Å². The molecule has 1 aromatic heterocycles. The summed E-state index contributed by atoms with van der Waals surface area (Å²) in [6.07, 6.45) is 3.66. The van der Waals surface area contributed by atoms with Crippen molar-refractivity contribution in [2.75, 3.05) is 6.54 Å². The van der Waals surface area contributed by atoms with Gasteiger partial charge in [-0.3, -0.25) is 4.98 Å². The van der Waals surface area contributed by atoms with Crippen LogP contribution < -0.4 is 4.72 Å². The standard InChI is InChI=1S/C15H17ClN2O3S/c16-12-6-7-14(11-4-2-8-17-15(11)12)22(20,21)18-9-10-3-1-5-13(10)19/h2,4,6-8,10,13,18-19H,1,3,5,9H2/t10-,13-/m1/s1. The maximum absolute atomic E-state index is 12.6. The Morgan fingerprint density at radius 3 is 2.86 bits per heavy atom. The highest BCUT2D eigenvalue weighted by Crippen LogP contribution is 2.28. The van der Waals surface area contributed by atoms with Crippen molar-refractivity contribution in [2.24, 2.45) is 5.92 Å². The Hall–Kier alpha value is -1.21. The molecule has 2 N–H and O–H groups in total. The molecule has 1 aromatic carbocycles. The lowest BCUT2D eigenvalue weighted by atomic mass is 10.1. The second kappa shape index (κ2) is 6.12. The summed E-state index contributed by atoms with van der Waals surface area (Å²) in [4.78, 5) is 4.30. The average molecular weight is 341 g/mol. The number of nitrogens with zero attached hydrogens (tertiary/aromatic N) is 1. The van der Waals surface area contributed by atoms with E-state index in [4.69, 9.17) is 11.6 Å². The van der Waals surface area contributed by atoms with Crippen LogP contribution in [0.1, 0.15) is 19.3 Å². The Morgan fingerprint density at radius 2 is 2.14 bits per heavy atom. The van der Waals surface area contributed by atoms with Gasteiger partial charge in [-0.2, -0.15) is 0 Å². The number of aromatic nitrogens is 1. The van der Waals surface area contributed by atoms with Crippen molar-refractivity contribution >= 4 is 32.5 Å². The SMILES string of the molecule is O=S(=O)(NC[C@H]1CCC[C@H]1O)c1ccc(Cl)c2ncccc12. The third-order valence-corrected chi connectivity index (χ3v) is 5.91. The van der Waals surface area contributed by atoms with Gasteiger partial charge in [0.15, 0.2) is 0 Å². The van der Waals surface area contributed by atoms with E-state index in [-0.39, 0.29) is 17.4 Å². The Labute approximate surface area is 134 Å². The number of pyridine rings is 1. The van der Waals surface area contributed by atoms with Crippen LogP contribution in [0.2, 0.25) is 5.02 Å². The van der Waals surface area contributed by atoms with E-state index in [0.717, 1.165) is 19.3 Å². The molecule has 2 aromatic rings. The first-order chi connectivity index (χ1) is 10.5. The second-order valence-electron chi connectivity index (χ2n) is 5.56. The van der Waals surface area contributed by atoms with Crippen molar-refractivity contribution in [3.05, 3.63) is 35.5 Å². The van der Waals surface area contributed by atoms with E-state index in [1.54, 1.807) is 18.3 Å². The molecule has 0 radical (unpaired) electrons. The lowest BCUT2D eigenvalue weighted by Crippen LogP contribution is -2.32. The van der Waals surface area contributed by atoms with Crippen LogP contribution in [0.3, 0.4) is 0 Å². The first kappa shape index (κ1) is 15.7. The van der Waals surface area contributed by atoms with E-state index in [1.807, 2.05) is 0 Å². The number of aliphatic hydroxyl groups is 1. The Morgan fingerprint density at radius 1 is 1.32 bits per heavy atom. The maximum Gasteiger partial charge on any atom is 0.241 e. The number of hydrogen-bond donors (Lipinski definition) is 2. The van der Waals surface area contributed by atoms with E-state index >= 15 is 0 Å². The Kier molecular flexibility index (Phi) is 4.36. The highest BCUT2D eigenvalue weighted by molar-refractivity contribution is 7.89. The van der Waals surface area contributed by atoms with Crippen molar-refractivity contribution in [1.82, 2.24) is 9.71 Å². The molecule has 118 valence electrons. The number of rotatable bonds is 4. The minimum atomic E-state index is -3.67. The van der Waals surface area contributed by atoms with Gasteiger partial charge in [-0.1, -0.05) is 18.0 Å². The minimum absolute atomic E-state index is 0.0218. The fourth-order valence-electron chi connectivity index (χ4n) is 2.90. The van der Waals surface area contributed by atoms with Crippen LogP contribution in [0.15, 0.2) is 35.4 Å². The summed E-state index contributed by atoms with van der Waals surface area (Å²) in [5, 5.41) is 10.7. The summed E-state index contributed by atoms with van der Waals surface area (Å²) < 4.78 is 27.7. The highest BCUT2D eigenvalue weighted by Gasteiger charge is 2.27. The maximum atomic E-state index is 12.6. The monoisotopic (exact) mass is 340 g/mol. The number of sulfonamides is 1. The van der Waals surface area contributed by atoms with E-state index < -0.39 is 16.1 Å². The van der Waals surface area contributed by atoms with E-state index in [1.165, 1.54) is 12.1 Å². The first-order valence-electron chi connectivity index (χ1n) is 7.20. The number of aliphatic hydroxyl groups excluding tert-OH is 1. The van der Waals surface area contributed by atoms with E-state index in [2.05, 4.69) is 9.71 Å². The molecule has 0 saturated heterocycles. The Balaban J connectivity index is 1.91. The molecule has 2 atom stereocenters. The van der Waals surface area contributed by atoms with Crippen LogP contribution in [0, 0.1) is 5.92 Å². The molecular weight excluding hydrogens is 324 g/mol. The molecule has 22 heavy (non-hydrogen) atoms. The molecule has 0 bridgehead atoms. The molecule has 1 aliphatic carbocycles. The van der Waals surface area contributed by atoms with Gasteiger partial charge in [0, 0.05) is 18.1 Å². The molecule has 1 fully saturated rings. The number of fused-ring (bicyclic) bond motifs is 1. The molecular formula is C15H17ClN2O3S. The summed E-state index contributed by atoms with van der Waals surface area (Å²) in [5.41, 5.74) is 0.466. The van der Waals surface area contributed by atoms with Gasteiger partial charge in [0.05, 0.1) is 21.5 Å². The summed E-state index contributed by atoms with van der Waals surface area (Å²) in [6, 6.07) is 6.39. The Bertz CT molecular complexity index is 794. The number of halogens is 1. The number of hydrogen-bond acceptors (Lipinski definition) is 4. The third-order valence-electron chi connectivity index (χ3n) is 4.12. The quantitative estimate of drug-likeness (QED) is 0.895. The molecule has 1 saturated carbocycles. The van der Waals surface area contributed by atoms with Crippen LogP contribution in [0.25, 0.3) is 10.9 Å². The zero-order chi connectivity index (χ0) is 15.7. The smallest absolute Gasteiger partial charge is 0.241 e. The van der Waals surface area contributed by atoms with Crippen LogP contribution in [0.5, 0.6) is 0 Å². The lowest BCUT2D eigenvalue weighted by molar-refractivity contribution is 0.134. The average Bonchev–Trinajstić information content (AvgIpc) is 2.91. The van der Waals surface area contributed by atoms with Gasteiger partial charge in [0.2, 0.25) is 10.0 Å². The van der Waals surface area contributed by atoms with Crippen LogP contribution in [-0.4, -0.2) is 31.2 Å². The summed E-state index contributed by atoms with van der Waals surface area (Å²) >= 11 is 6.07. The summed E-state index contributed by atoms with van der Waals surface area (Å²) in [7, 11) is -3.67. The van der Waals surface area contributed by atoms with Crippen molar-refractivity contribution in [1.29, 1.82) is 0 Å². The lowest BCUT2D eigenvalue weighted by Gasteiger charge is -2.16. The van der Waals surface area contributed by atoms with Crippen molar-refractivity contribution < 1.29 is 13.5 Å². The van der Waals surface area contributed by atoms with Crippen LogP contribution in [0.4, 0.5) is 0 Å². The molecule has 3 rings (SSSR count). The van der Waals surface area contributed by atoms with Gasteiger partial charge in [0.1, 0.15) is 0 Å². The number of benzene rings is 1. The second-order valence-corrected chi connectivity index (χ2v) is 7.70. The van der Waals surface area contributed by atoms with E-state index in [9.17, 15) is 13.5 Å². The van der Waals surface area contributed by atoms with Crippen molar-refractivity contribution in [2.45, 2.75) is 30.3 Å². The topological polar surface area (TPSA) is 79.3 Å².